The third-order valence-corrected chi connectivity index (χ3v) is 4.81. The van der Waals surface area contributed by atoms with Gasteiger partial charge in [-0.25, -0.2) is 18.6 Å². The van der Waals surface area contributed by atoms with Crippen LogP contribution in [0.25, 0.3) is 0 Å². The van der Waals surface area contributed by atoms with Crippen LogP contribution in [0.1, 0.15) is 21.5 Å². The van der Waals surface area contributed by atoms with Gasteiger partial charge in [-0.3, -0.25) is 4.79 Å². The number of nitrogens with zero attached hydrogens (tertiary/aromatic N) is 2. The molecule has 3 N–H and O–H groups in total. The number of hydrogen-bond acceptors (Lipinski definition) is 6. The molecule has 0 bridgehead atoms. The standard InChI is InChI=1S/C20H18F5N3O5/c21-19(22)10-28(16(29)5-11-1-3-14(4-2-11)33-20(23,24)25)8-15(19)32-9-13-6-12(18(30)31)7-27-17(13)26/h1-4,6-7,15H,5,8-10H2,(H2,26,27)(H,30,31). The van der Waals surface area contributed by atoms with Gasteiger partial charge in [-0.05, 0) is 23.8 Å². The van der Waals surface area contributed by atoms with Crippen LogP contribution in [-0.2, 0) is 22.6 Å². The first-order valence-corrected chi connectivity index (χ1v) is 9.43. The zero-order chi connectivity index (χ0) is 24.4. The number of carboxylic acids is 1. The van der Waals surface area contributed by atoms with Crippen LogP contribution in [0.2, 0.25) is 0 Å². The second kappa shape index (κ2) is 9.17. The molecular weight excluding hydrogens is 457 g/mol. The molecule has 1 saturated heterocycles. The van der Waals surface area contributed by atoms with Gasteiger partial charge in [0.05, 0.1) is 31.7 Å². The van der Waals surface area contributed by atoms with E-state index in [4.69, 9.17) is 15.6 Å². The molecule has 33 heavy (non-hydrogen) atoms. The van der Waals surface area contributed by atoms with E-state index in [9.17, 15) is 31.5 Å². The second-order valence-electron chi connectivity index (χ2n) is 7.28. The predicted octanol–water partition coefficient (Wildman–Crippen LogP) is 2.87. The van der Waals surface area contributed by atoms with Crippen molar-refractivity contribution in [2.24, 2.45) is 0 Å². The summed E-state index contributed by atoms with van der Waals surface area (Å²) in [6, 6.07) is 5.65. The lowest BCUT2D eigenvalue weighted by Crippen LogP contribution is -2.34. The van der Waals surface area contributed by atoms with Crippen LogP contribution in [0.5, 0.6) is 5.75 Å². The maximum atomic E-state index is 14.4. The van der Waals surface area contributed by atoms with Gasteiger partial charge in [0.25, 0.3) is 5.92 Å². The number of nitrogens with two attached hydrogens (primary N) is 1. The Bertz CT molecular complexity index is 1030. The number of pyridine rings is 1. The van der Waals surface area contributed by atoms with Crippen molar-refractivity contribution in [2.75, 3.05) is 18.8 Å². The van der Waals surface area contributed by atoms with E-state index in [0.29, 0.717) is 5.56 Å². The van der Waals surface area contributed by atoms with Crippen molar-refractivity contribution < 1.29 is 46.1 Å². The highest BCUT2D eigenvalue weighted by Crippen LogP contribution is 2.32. The number of halogens is 5. The quantitative estimate of drug-likeness (QED) is 0.592. The average molecular weight is 475 g/mol. The lowest BCUT2D eigenvalue weighted by molar-refractivity contribution is -0.274. The Morgan fingerprint density at radius 3 is 2.52 bits per heavy atom. The molecule has 2 aromatic rings. The fourth-order valence-electron chi connectivity index (χ4n) is 3.16. The molecule has 0 radical (unpaired) electrons. The zero-order valence-electron chi connectivity index (χ0n) is 16.8. The first kappa shape index (κ1) is 24.2. The highest BCUT2D eigenvalue weighted by Gasteiger charge is 2.50. The molecule has 1 fully saturated rings. The smallest absolute Gasteiger partial charge is 0.478 e. The molecule has 1 aliphatic rings. The predicted molar refractivity (Wildman–Crippen MR) is 103 cm³/mol. The van der Waals surface area contributed by atoms with E-state index in [1.54, 1.807) is 0 Å². The third kappa shape index (κ3) is 6.28. The summed E-state index contributed by atoms with van der Waals surface area (Å²) in [6.45, 7) is -1.79. The number of benzene rings is 1. The molecule has 2 heterocycles. The Morgan fingerprint density at radius 2 is 1.91 bits per heavy atom. The molecular formula is C20H18F5N3O5. The molecule has 178 valence electrons. The van der Waals surface area contributed by atoms with E-state index >= 15 is 0 Å². The maximum absolute atomic E-state index is 14.4. The number of amides is 1. The van der Waals surface area contributed by atoms with Crippen LogP contribution in [-0.4, -0.2) is 58.3 Å². The first-order chi connectivity index (χ1) is 15.3. The Morgan fingerprint density at radius 1 is 1.24 bits per heavy atom. The van der Waals surface area contributed by atoms with Crippen LogP contribution >= 0.6 is 0 Å². The number of aromatic nitrogens is 1. The van der Waals surface area contributed by atoms with Gasteiger partial charge in [0.15, 0.2) is 0 Å². The normalized spacial score (nSPS) is 17.7. The number of rotatable bonds is 7. The Labute approximate surface area is 183 Å². The van der Waals surface area contributed by atoms with Crippen molar-refractivity contribution in [3.63, 3.8) is 0 Å². The van der Waals surface area contributed by atoms with E-state index in [1.807, 2.05) is 0 Å². The molecule has 1 unspecified atom stereocenters. The number of ether oxygens (including phenoxy) is 2. The summed E-state index contributed by atoms with van der Waals surface area (Å²) in [4.78, 5) is 28.1. The zero-order valence-corrected chi connectivity index (χ0v) is 16.8. The summed E-state index contributed by atoms with van der Waals surface area (Å²) in [7, 11) is 0. The fraction of sp³-hybridized carbons (Fsp3) is 0.350. The topological polar surface area (TPSA) is 115 Å². The van der Waals surface area contributed by atoms with E-state index in [1.165, 1.54) is 12.1 Å². The molecule has 0 spiro atoms. The third-order valence-electron chi connectivity index (χ3n) is 4.81. The van der Waals surface area contributed by atoms with Crippen molar-refractivity contribution in [1.29, 1.82) is 0 Å². The minimum Gasteiger partial charge on any atom is -0.478 e. The van der Waals surface area contributed by atoms with E-state index in [-0.39, 0.29) is 23.4 Å². The van der Waals surface area contributed by atoms with E-state index < -0.39 is 55.7 Å². The van der Waals surface area contributed by atoms with Crippen molar-refractivity contribution >= 4 is 17.7 Å². The van der Waals surface area contributed by atoms with Crippen LogP contribution in [0.3, 0.4) is 0 Å². The summed E-state index contributed by atoms with van der Waals surface area (Å²) in [5.41, 5.74) is 5.87. The van der Waals surface area contributed by atoms with Crippen molar-refractivity contribution in [2.45, 2.75) is 31.4 Å². The molecule has 1 atom stereocenters. The monoisotopic (exact) mass is 475 g/mol. The molecule has 1 aromatic carbocycles. The molecule has 8 nitrogen and oxygen atoms in total. The lowest BCUT2D eigenvalue weighted by Gasteiger charge is -2.18. The number of carboxylic acid groups (broad SMARTS) is 1. The molecule has 0 aliphatic carbocycles. The fourth-order valence-corrected chi connectivity index (χ4v) is 3.16. The molecule has 1 aliphatic heterocycles. The van der Waals surface area contributed by atoms with Gasteiger partial charge in [-0.1, -0.05) is 12.1 Å². The number of hydrogen-bond donors (Lipinski definition) is 2. The van der Waals surface area contributed by atoms with E-state index in [2.05, 4.69) is 9.72 Å². The van der Waals surface area contributed by atoms with Crippen molar-refractivity contribution in [3.05, 3.63) is 53.2 Å². The summed E-state index contributed by atoms with van der Waals surface area (Å²) in [6.07, 6.45) is -5.82. The number of anilines is 1. The summed E-state index contributed by atoms with van der Waals surface area (Å²) >= 11 is 0. The number of likely N-dealkylation sites (tertiary alicyclic amines) is 1. The number of aromatic carboxylic acids is 1. The average Bonchev–Trinajstić information content (AvgIpc) is 3.02. The molecule has 13 heteroatoms. The maximum Gasteiger partial charge on any atom is 0.573 e. The summed E-state index contributed by atoms with van der Waals surface area (Å²) in [5.74, 6) is -5.87. The van der Waals surface area contributed by atoms with Gasteiger partial charge in [0, 0.05) is 11.8 Å². The van der Waals surface area contributed by atoms with Gasteiger partial charge in [0.2, 0.25) is 5.91 Å². The van der Waals surface area contributed by atoms with Crippen LogP contribution in [0, 0.1) is 0 Å². The molecule has 0 saturated carbocycles. The van der Waals surface area contributed by atoms with Gasteiger partial charge < -0.3 is 25.2 Å². The van der Waals surface area contributed by atoms with Crippen LogP contribution < -0.4 is 10.5 Å². The van der Waals surface area contributed by atoms with Crippen molar-refractivity contribution in [1.82, 2.24) is 9.88 Å². The first-order valence-electron chi connectivity index (χ1n) is 9.43. The number of carbonyl (C=O) groups is 2. The van der Waals surface area contributed by atoms with Gasteiger partial charge in [-0.2, -0.15) is 0 Å². The summed E-state index contributed by atoms with van der Waals surface area (Å²) < 4.78 is 74.4. The van der Waals surface area contributed by atoms with Crippen molar-refractivity contribution in [3.8, 4) is 5.75 Å². The van der Waals surface area contributed by atoms with E-state index in [0.717, 1.165) is 29.3 Å². The highest BCUT2D eigenvalue weighted by molar-refractivity contribution is 5.87. The Kier molecular flexibility index (Phi) is 6.72. The van der Waals surface area contributed by atoms with Crippen LogP contribution in [0.15, 0.2) is 36.5 Å². The minimum atomic E-state index is -4.86. The summed E-state index contributed by atoms with van der Waals surface area (Å²) in [5, 5.41) is 9.00. The SMILES string of the molecule is Nc1ncc(C(=O)O)cc1COC1CN(C(=O)Cc2ccc(OC(F)(F)F)cc2)CC1(F)F. The largest absolute Gasteiger partial charge is 0.573 e. The van der Waals surface area contributed by atoms with Gasteiger partial charge in [-0.15, -0.1) is 13.2 Å². The molecule has 3 rings (SSSR count). The van der Waals surface area contributed by atoms with Gasteiger partial charge in [0.1, 0.15) is 17.7 Å². The Balaban J connectivity index is 1.60. The minimum absolute atomic E-state index is 0.0767. The van der Waals surface area contributed by atoms with Crippen LogP contribution in [0.4, 0.5) is 27.8 Å². The second-order valence-corrected chi connectivity index (χ2v) is 7.28. The number of nitrogen functional groups attached to an aromatic ring is 1. The highest BCUT2D eigenvalue weighted by atomic mass is 19.4. The molecule has 1 amide bonds. The van der Waals surface area contributed by atoms with Gasteiger partial charge >= 0.3 is 12.3 Å². The number of alkyl halides is 5. The lowest BCUT2D eigenvalue weighted by atomic mass is 10.1. The molecule has 1 aromatic heterocycles. The Hall–Kier alpha value is -3.48. The number of carbonyl (C=O) groups excluding carboxylic acids is 1.